The van der Waals surface area contributed by atoms with Crippen LogP contribution in [0.3, 0.4) is 0 Å². The number of amides is 1. The fraction of sp³-hybridized carbons (Fsp3) is 0.192. The summed E-state index contributed by atoms with van der Waals surface area (Å²) in [5.41, 5.74) is 1.58. The van der Waals surface area contributed by atoms with Gasteiger partial charge in [0.05, 0.1) is 27.3 Å². The number of aromatic hydroxyl groups is 1. The van der Waals surface area contributed by atoms with E-state index in [0.717, 1.165) is 0 Å². The van der Waals surface area contributed by atoms with E-state index in [2.05, 4.69) is 0 Å². The molecule has 11 heteroatoms. The average molecular weight is 544 g/mol. The first kappa shape index (κ1) is 25.0. The van der Waals surface area contributed by atoms with Gasteiger partial charge in [0.15, 0.2) is 11.4 Å². The zero-order valence-electron chi connectivity index (χ0n) is 18.8. The molecule has 2 aromatic carbocycles. The topological polar surface area (TPSA) is 178 Å². The maximum absolute atomic E-state index is 13.6. The van der Waals surface area contributed by atoms with Gasteiger partial charge < -0.3 is 31.3 Å². The Morgan fingerprint density at radius 2 is 1.78 bits per heavy atom. The Morgan fingerprint density at radius 3 is 2.43 bits per heavy atom. The second-order valence-electron chi connectivity index (χ2n) is 9.12. The Labute approximate surface area is 219 Å². The molecule has 0 spiro atoms. The molecular formula is C26H19Cl2NO8. The number of benzene rings is 2. The Kier molecular flexibility index (Phi) is 5.72. The fourth-order valence-electron chi connectivity index (χ4n) is 5.47. The SMILES string of the molecule is NC(=O)C1=C(O)CC2C(O)C3C(=C(O)C2(O)C1=O)C(=O)c1c(O)cccc1/C3=C\c1ccc(Cl)c(Cl)c1. The number of aliphatic hydroxyl groups excluding tert-OH is 3. The van der Waals surface area contributed by atoms with Gasteiger partial charge in [0.1, 0.15) is 22.8 Å². The van der Waals surface area contributed by atoms with Crippen LogP contribution in [0.2, 0.25) is 10.0 Å². The van der Waals surface area contributed by atoms with Crippen LogP contribution in [0.1, 0.15) is 27.9 Å². The smallest absolute Gasteiger partial charge is 0.255 e. The fourth-order valence-corrected chi connectivity index (χ4v) is 5.77. The zero-order valence-corrected chi connectivity index (χ0v) is 20.3. The summed E-state index contributed by atoms with van der Waals surface area (Å²) in [5.74, 6) is -8.84. The van der Waals surface area contributed by atoms with E-state index in [4.69, 9.17) is 28.9 Å². The van der Waals surface area contributed by atoms with E-state index >= 15 is 0 Å². The van der Waals surface area contributed by atoms with Crippen LogP contribution in [-0.2, 0) is 9.59 Å². The third-order valence-corrected chi connectivity index (χ3v) is 7.90. The first-order valence-electron chi connectivity index (χ1n) is 11.0. The highest BCUT2D eigenvalue weighted by Crippen LogP contribution is 2.55. The summed E-state index contributed by atoms with van der Waals surface area (Å²) >= 11 is 12.2. The lowest BCUT2D eigenvalue weighted by atomic mass is 9.57. The van der Waals surface area contributed by atoms with Crippen LogP contribution in [0.25, 0.3) is 11.6 Å². The molecule has 3 aliphatic carbocycles. The molecule has 2 aromatic rings. The van der Waals surface area contributed by atoms with Gasteiger partial charge in [0, 0.05) is 18.3 Å². The van der Waals surface area contributed by atoms with E-state index in [0.29, 0.717) is 5.56 Å². The summed E-state index contributed by atoms with van der Waals surface area (Å²) in [4.78, 5) is 38.6. The van der Waals surface area contributed by atoms with Gasteiger partial charge in [-0.3, -0.25) is 14.4 Å². The van der Waals surface area contributed by atoms with Crippen molar-refractivity contribution in [3.63, 3.8) is 0 Å². The first-order chi connectivity index (χ1) is 17.4. The summed E-state index contributed by atoms with van der Waals surface area (Å²) in [6, 6.07) is 8.95. The van der Waals surface area contributed by atoms with Crippen molar-refractivity contribution in [2.75, 3.05) is 0 Å². The molecule has 0 heterocycles. The number of primary amides is 1. The largest absolute Gasteiger partial charge is 0.511 e. The number of carbonyl (C=O) groups is 3. The number of fused-ring (bicyclic) bond motifs is 3. The number of halogens is 2. The van der Waals surface area contributed by atoms with Gasteiger partial charge in [-0.05, 0) is 34.9 Å². The number of Topliss-reactive ketones (excluding diaryl/α,β-unsaturated/α-hetero) is 2. The van der Waals surface area contributed by atoms with Crippen LogP contribution in [0, 0.1) is 11.8 Å². The van der Waals surface area contributed by atoms with E-state index < -0.39 is 75.8 Å². The van der Waals surface area contributed by atoms with E-state index in [1.807, 2.05) is 0 Å². The number of hydrogen-bond acceptors (Lipinski definition) is 8. The lowest BCUT2D eigenvalue weighted by molar-refractivity contribution is -0.152. The average Bonchev–Trinajstić information content (AvgIpc) is 2.83. The monoisotopic (exact) mass is 543 g/mol. The molecule has 9 nitrogen and oxygen atoms in total. The van der Waals surface area contributed by atoms with Crippen LogP contribution < -0.4 is 5.73 Å². The molecule has 4 atom stereocenters. The number of ketones is 2. The van der Waals surface area contributed by atoms with Crippen molar-refractivity contribution >= 4 is 52.3 Å². The van der Waals surface area contributed by atoms with Crippen LogP contribution in [0.4, 0.5) is 0 Å². The molecule has 0 saturated carbocycles. The predicted octanol–water partition coefficient (Wildman–Crippen LogP) is 2.86. The minimum atomic E-state index is -2.92. The van der Waals surface area contributed by atoms with Crippen molar-refractivity contribution in [3.05, 3.63) is 85.8 Å². The number of phenols is 1. The van der Waals surface area contributed by atoms with Gasteiger partial charge in [0.25, 0.3) is 5.91 Å². The quantitative estimate of drug-likeness (QED) is 0.313. The third kappa shape index (κ3) is 3.42. The molecule has 5 rings (SSSR count). The molecule has 3 aliphatic rings. The van der Waals surface area contributed by atoms with Crippen molar-refractivity contribution in [1.29, 1.82) is 0 Å². The molecule has 1 amide bonds. The van der Waals surface area contributed by atoms with Crippen molar-refractivity contribution in [2.45, 2.75) is 18.1 Å². The van der Waals surface area contributed by atoms with Gasteiger partial charge in [-0.2, -0.15) is 0 Å². The first-order valence-corrected chi connectivity index (χ1v) is 11.8. The number of aliphatic hydroxyl groups is 4. The number of hydrogen-bond donors (Lipinski definition) is 6. The van der Waals surface area contributed by atoms with Gasteiger partial charge in [-0.1, -0.05) is 47.5 Å². The zero-order chi connectivity index (χ0) is 27.0. The molecule has 190 valence electrons. The predicted molar refractivity (Wildman–Crippen MR) is 133 cm³/mol. The standard InChI is InChI=1S/C26H19Cl2NO8/c27-13-5-4-9(7-14(13)28)6-11-10-2-1-3-15(30)17(10)22(33)20-18(11)21(32)12-8-16(31)19(25(29)36)23(34)26(12,37)24(20)35/h1-7,12,18,21,30-32,35,37H,8H2,(H2,29,36)/b11-6+. The van der Waals surface area contributed by atoms with Gasteiger partial charge in [-0.15, -0.1) is 0 Å². The number of carbonyl (C=O) groups excluding carboxylic acids is 3. The maximum atomic E-state index is 13.6. The molecule has 0 bridgehead atoms. The summed E-state index contributed by atoms with van der Waals surface area (Å²) in [5, 5.41) is 55.6. The summed E-state index contributed by atoms with van der Waals surface area (Å²) < 4.78 is 0. The summed E-state index contributed by atoms with van der Waals surface area (Å²) in [7, 11) is 0. The molecule has 0 fully saturated rings. The molecule has 4 unspecified atom stereocenters. The van der Waals surface area contributed by atoms with Crippen molar-refractivity contribution in [2.24, 2.45) is 17.6 Å². The van der Waals surface area contributed by atoms with Gasteiger partial charge in [-0.25, -0.2) is 0 Å². The number of nitrogens with two attached hydrogens (primary N) is 1. The van der Waals surface area contributed by atoms with Gasteiger partial charge in [0.2, 0.25) is 5.78 Å². The normalized spacial score (nSPS) is 28.2. The molecule has 7 N–H and O–H groups in total. The highest BCUT2D eigenvalue weighted by Gasteiger charge is 2.63. The van der Waals surface area contributed by atoms with Crippen molar-refractivity contribution in [3.8, 4) is 5.75 Å². The molecule has 0 aliphatic heterocycles. The lowest BCUT2D eigenvalue weighted by Gasteiger charge is -2.49. The van der Waals surface area contributed by atoms with Crippen LogP contribution >= 0.6 is 23.2 Å². The molecular weight excluding hydrogens is 525 g/mol. The van der Waals surface area contributed by atoms with E-state index in [9.17, 15) is 39.9 Å². The number of phenolic OH excluding ortho intramolecular Hbond substituents is 1. The van der Waals surface area contributed by atoms with E-state index in [1.54, 1.807) is 12.1 Å². The Balaban J connectivity index is 1.82. The lowest BCUT2D eigenvalue weighted by Crippen LogP contribution is -2.62. The van der Waals surface area contributed by atoms with Crippen LogP contribution in [0.5, 0.6) is 5.75 Å². The Bertz CT molecular complexity index is 1520. The third-order valence-electron chi connectivity index (χ3n) is 7.17. The van der Waals surface area contributed by atoms with E-state index in [1.165, 1.54) is 30.3 Å². The molecule has 37 heavy (non-hydrogen) atoms. The number of rotatable bonds is 2. The second kappa shape index (κ2) is 8.46. The summed E-state index contributed by atoms with van der Waals surface area (Å²) in [6.07, 6.45) is -0.727. The van der Waals surface area contributed by atoms with Gasteiger partial charge >= 0.3 is 0 Å². The highest BCUT2D eigenvalue weighted by molar-refractivity contribution is 6.42. The number of allylic oxidation sites excluding steroid dienone is 1. The minimum absolute atomic E-state index is 0.224. The van der Waals surface area contributed by atoms with E-state index in [-0.39, 0.29) is 26.7 Å². The highest BCUT2D eigenvalue weighted by atomic mass is 35.5. The van der Waals surface area contributed by atoms with Crippen LogP contribution in [0.15, 0.2) is 59.1 Å². The van der Waals surface area contributed by atoms with Crippen molar-refractivity contribution < 1.29 is 39.9 Å². The second-order valence-corrected chi connectivity index (χ2v) is 9.94. The minimum Gasteiger partial charge on any atom is -0.511 e. The molecule has 0 radical (unpaired) electrons. The molecule has 0 saturated heterocycles. The molecule has 0 aromatic heterocycles. The van der Waals surface area contributed by atoms with Crippen LogP contribution in [-0.4, -0.2) is 54.7 Å². The Hall–Kier alpha value is -3.63. The Morgan fingerprint density at radius 1 is 1.08 bits per heavy atom. The summed E-state index contributed by atoms with van der Waals surface area (Å²) in [6.45, 7) is 0. The van der Waals surface area contributed by atoms with Crippen molar-refractivity contribution in [1.82, 2.24) is 0 Å². The maximum Gasteiger partial charge on any atom is 0.255 e.